The number of hydrogen-bond donors (Lipinski definition) is 2. The van der Waals surface area contributed by atoms with Gasteiger partial charge in [0, 0.05) is 6.42 Å². The van der Waals surface area contributed by atoms with Crippen LogP contribution in [-0.4, -0.2) is 12.5 Å². The molecule has 1 amide bonds. The van der Waals surface area contributed by atoms with Gasteiger partial charge >= 0.3 is 0 Å². The molecule has 0 radical (unpaired) electrons. The third-order valence-corrected chi connectivity index (χ3v) is 3.30. The van der Waals surface area contributed by atoms with Crippen LogP contribution in [0.25, 0.3) is 0 Å². The van der Waals surface area contributed by atoms with Gasteiger partial charge in [0.15, 0.2) is 0 Å². The van der Waals surface area contributed by atoms with Gasteiger partial charge in [0.2, 0.25) is 5.91 Å². The Hall–Kier alpha value is -1.35. The SMILES string of the molecule is CCC(NC(=O)CCCCCCN)c1ccccc1. The molecule has 1 aromatic carbocycles. The van der Waals surface area contributed by atoms with Crippen molar-refractivity contribution in [1.29, 1.82) is 0 Å². The fourth-order valence-corrected chi connectivity index (χ4v) is 2.16. The Balaban J connectivity index is 2.30. The Labute approximate surface area is 116 Å². The molecular weight excluding hydrogens is 236 g/mol. The van der Waals surface area contributed by atoms with E-state index in [1.165, 1.54) is 5.56 Å². The van der Waals surface area contributed by atoms with Crippen molar-refractivity contribution < 1.29 is 4.79 Å². The smallest absolute Gasteiger partial charge is 0.220 e. The highest BCUT2D eigenvalue weighted by atomic mass is 16.1. The van der Waals surface area contributed by atoms with Crippen LogP contribution in [0.1, 0.15) is 57.1 Å². The molecule has 1 atom stereocenters. The molecule has 3 heteroatoms. The summed E-state index contributed by atoms with van der Waals surface area (Å²) in [5.74, 6) is 0.156. The van der Waals surface area contributed by atoms with E-state index in [1.54, 1.807) is 0 Å². The van der Waals surface area contributed by atoms with Crippen molar-refractivity contribution in [2.75, 3.05) is 6.54 Å². The molecule has 3 nitrogen and oxygen atoms in total. The molecule has 19 heavy (non-hydrogen) atoms. The van der Waals surface area contributed by atoms with Crippen LogP contribution in [0.5, 0.6) is 0 Å². The van der Waals surface area contributed by atoms with E-state index in [9.17, 15) is 4.79 Å². The van der Waals surface area contributed by atoms with Crippen LogP contribution in [0, 0.1) is 0 Å². The number of rotatable bonds is 9. The number of carbonyl (C=O) groups excluding carboxylic acids is 1. The van der Waals surface area contributed by atoms with Gasteiger partial charge in [-0.1, -0.05) is 50.1 Å². The normalized spacial score (nSPS) is 12.1. The lowest BCUT2D eigenvalue weighted by molar-refractivity contribution is -0.122. The van der Waals surface area contributed by atoms with Crippen LogP contribution >= 0.6 is 0 Å². The molecule has 0 spiro atoms. The molecule has 0 fully saturated rings. The Bertz CT molecular complexity index is 351. The molecule has 1 rings (SSSR count). The number of unbranched alkanes of at least 4 members (excludes halogenated alkanes) is 3. The second-order valence-corrected chi connectivity index (χ2v) is 4.89. The van der Waals surface area contributed by atoms with E-state index in [2.05, 4.69) is 24.4 Å². The molecule has 0 aliphatic carbocycles. The minimum Gasteiger partial charge on any atom is -0.349 e. The van der Waals surface area contributed by atoms with Gasteiger partial charge in [-0.3, -0.25) is 4.79 Å². The van der Waals surface area contributed by atoms with Crippen LogP contribution in [0.2, 0.25) is 0 Å². The summed E-state index contributed by atoms with van der Waals surface area (Å²) in [4.78, 5) is 11.9. The summed E-state index contributed by atoms with van der Waals surface area (Å²) >= 11 is 0. The van der Waals surface area contributed by atoms with E-state index in [4.69, 9.17) is 5.73 Å². The van der Waals surface area contributed by atoms with Crippen LogP contribution in [0.15, 0.2) is 30.3 Å². The summed E-state index contributed by atoms with van der Waals surface area (Å²) in [7, 11) is 0. The van der Waals surface area contributed by atoms with Crippen molar-refractivity contribution in [3.8, 4) is 0 Å². The van der Waals surface area contributed by atoms with Gasteiger partial charge < -0.3 is 11.1 Å². The Kier molecular flexibility index (Phi) is 7.91. The standard InChI is InChI=1S/C16H26N2O/c1-2-15(14-10-6-5-7-11-14)18-16(19)12-8-3-4-9-13-17/h5-7,10-11,15H,2-4,8-9,12-13,17H2,1H3,(H,18,19). The van der Waals surface area contributed by atoms with E-state index in [1.807, 2.05) is 18.2 Å². The van der Waals surface area contributed by atoms with Crippen molar-refractivity contribution in [3.63, 3.8) is 0 Å². The van der Waals surface area contributed by atoms with Crippen LogP contribution in [-0.2, 0) is 4.79 Å². The number of nitrogens with two attached hydrogens (primary N) is 1. The topological polar surface area (TPSA) is 55.1 Å². The first-order chi connectivity index (χ1) is 9.27. The fraction of sp³-hybridized carbons (Fsp3) is 0.562. The molecule has 0 heterocycles. The molecule has 1 aromatic rings. The van der Waals surface area contributed by atoms with Crippen LogP contribution < -0.4 is 11.1 Å². The van der Waals surface area contributed by atoms with Crippen molar-refractivity contribution in [2.45, 2.75) is 51.5 Å². The van der Waals surface area contributed by atoms with E-state index in [0.29, 0.717) is 6.42 Å². The average molecular weight is 262 g/mol. The molecule has 0 saturated heterocycles. The third-order valence-electron chi connectivity index (χ3n) is 3.30. The number of benzene rings is 1. The largest absolute Gasteiger partial charge is 0.349 e. The van der Waals surface area contributed by atoms with Gasteiger partial charge in [0.25, 0.3) is 0 Å². The average Bonchev–Trinajstić information content (AvgIpc) is 2.45. The summed E-state index contributed by atoms with van der Waals surface area (Å²) in [6, 6.07) is 10.3. The molecule has 0 aliphatic rings. The van der Waals surface area contributed by atoms with Crippen molar-refractivity contribution in [1.82, 2.24) is 5.32 Å². The zero-order chi connectivity index (χ0) is 13.9. The number of carbonyl (C=O) groups is 1. The van der Waals surface area contributed by atoms with E-state index < -0.39 is 0 Å². The molecule has 0 bridgehead atoms. The highest BCUT2D eigenvalue weighted by molar-refractivity contribution is 5.76. The predicted molar refractivity (Wildman–Crippen MR) is 79.8 cm³/mol. The summed E-state index contributed by atoms with van der Waals surface area (Å²) in [5.41, 5.74) is 6.62. The second kappa shape index (κ2) is 9.56. The van der Waals surface area contributed by atoms with Gasteiger partial charge in [-0.15, -0.1) is 0 Å². The maximum atomic E-state index is 11.9. The summed E-state index contributed by atoms with van der Waals surface area (Å²) in [6.07, 6.45) is 5.77. The predicted octanol–water partition coefficient (Wildman–Crippen LogP) is 3.16. The van der Waals surface area contributed by atoms with Crippen molar-refractivity contribution in [3.05, 3.63) is 35.9 Å². The Morgan fingerprint density at radius 2 is 1.84 bits per heavy atom. The summed E-state index contributed by atoms with van der Waals surface area (Å²) < 4.78 is 0. The van der Waals surface area contributed by atoms with E-state index in [0.717, 1.165) is 38.6 Å². The van der Waals surface area contributed by atoms with Gasteiger partial charge in [-0.2, -0.15) is 0 Å². The lowest BCUT2D eigenvalue weighted by Gasteiger charge is -2.17. The first-order valence-corrected chi connectivity index (χ1v) is 7.32. The van der Waals surface area contributed by atoms with Crippen molar-refractivity contribution >= 4 is 5.91 Å². The van der Waals surface area contributed by atoms with Gasteiger partial charge in [-0.05, 0) is 31.4 Å². The van der Waals surface area contributed by atoms with Gasteiger partial charge in [0.05, 0.1) is 6.04 Å². The monoisotopic (exact) mass is 262 g/mol. The maximum absolute atomic E-state index is 11.9. The van der Waals surface area contributed by atoms with Crippen LogP contribution in [0.4, 0.5) is 0 Å². The van der Waals surface area contributed by atoms with Crippen LogP contribution in [0.3, 0.4) is 0 Å². The highest BCUT2D eigenvalue weighted by Gasteiger charge is 2.11. The van der Waals surface area contributed by atoms with E-state index >= 15 is 0 Å². The minimum absolute atomic E-state index is 0.137. The number of amides is 1. The molecular formula is C16H26N2O. The number of hydrogen-bond acceptors (Lipinski definition) is 2. The fourth-order valence-electron chi connectivity index (χ4n) is 2.16. The zero-order valence-electron chi connectivity index (χ0n) is 11.9. The maximum Gasteiger partial charge on any atom is 0.220 e. The van der Waals surface area contributed by atoms with Gasteiger partial charge in [-0.25, -0.2) is 0 Å². The molecule has 106 valence electrons. The van der Waals surface area contributed by atoms with E-state index in [-0.39, 0.29) is 11.9 Å². The first kappa shape index (κ1) is 15.7. The van der Waals surface area contributed by atoms with Gasteiger partial charge in [0.1, 0.15) is 0 Å². The van der Waals surface area contributed by atoms with Crippen molar-refractivity contribution in [2.24, 2.45) is 5.73 Å². The summed E-state index contributed by atoms with van der Waals surface area (Å²) in [6.45, 7) is 2.84. The lowest BCUT2D eigenvalue weighted by Crippen LogP contribution is -2.27. The molecule has 1 unspecified atom stereocenters. The second-order valence-electron chi connectivity index (χ2n) is 4.89. The molecule has 0 aromatic heterocycles. The third kappa shape index (κ3) is 6.39. The zero-order valence-corrected chi connectivity index (χ0v) is 11.9. The summed E-state index contributed by atoms with van der Waals surface area (Å²) in [5, 5.41) is 3.11. The number of nitrogens with one attached hydrogen (secondary N) is 1. The Morgan fingerprint density at radius 1 is 1.16 bits per heavy atom. The molecule has 0 saturated carbocycles. The minimum atomic E-state index is 0.137. The molecule has 3 N–H and O–H groups in total. The molecule has 0 aliphatic heterocycles. The quantitative estimate of drug-likeness (QED) is 0.672. The highest BCUT2D eigenvalue weighted by Crippen LogP contribution is 2.16. The Morgan fingerprint density at radius 3 is 2.47 bits per heavy atom. The lowest BCUT2D eigenvalue weighted by atomic mass is 10.0. The first-order valence-electron chi connectivity index (χ1n) is 7.32.